The van der Waals surface area contributed by atoms with Crippen LogP contribution >= 0.6 is 0 Å². The zero-order valence-corrected chi connectivity index (χ0v) is 8.86. The highest BCUT2D eigenvalue weighted by molar-refractivity contribution is 5.26. The van der Waals surface area contributed by atoms with Crippen LogP contribution in [-0.2, 0) is 4.74 Å². The summed E-state index contributed by atoms with van der Waals surface area (Å²) in [5, 5.41) is 0. The summed E-state index contributed by atoms with van der Waals surface area (Å²) in [6.45, 7) is 11.0. The summed E-state index contributed by atoms with van der Waals surface area (Å²) < 4.78 is 5.44. The van der Waals surface area contributed by atoms with E-state index in [1.165, 1.54) is 0 Å². The molecule has 0 radical (unpaired) electrons. The molecule has 14 heavy (non-hydrogen) atoms. The molecule has 0 spiro atoms. The van der Waals surface area contributed by atoms with Crippen molar-refractivity contribution in [3.63, 3.8) is 0 Å². The number of ether oxygens (including phenoxy) is 1. The number of hydrogen-bond donors (Lipinski definition) is 0. The van der Waals surface area contributed by atoms with E-state index < -0.39 is 0 Å². The number of nitrogens with zero attached hydrogens (tertiary/aromatic N) is 1. The summed E-state index contributed by atoms with van der Waals surface area (Å²) in [5.41, 5.74) is 0. The molecule has 0 aromatic rings. The summed E-state index contributed by atoms with van der Waals surface area (Å²) in [5.74, 6) is 1.44. The zero-order valence-electron chi connectivity index (χ0n) is 8.86. The molecule has 0 amide bonds. The summed E-state index contributed by atoms with van der Waals surface area (Å²) in [4.78, 5) is 3.57. The number of rotatable bonds is 6. The van der Waals surface area contributed by atoms with E-state index in [1.807, 2.05) is 32.1 Å². The molecule has 0 unspecified atom stereocenters. The molecule has 0 aliphatic heterocycles. The van der Waals surface area contributed by atoms with Gasteiger partial charge in [0.25, 0.3) is 0 Å². The van der Waals surface area contributed by atoms with Crippen molar-refractivity contribution >= 4 is 6.72 Å². The van der Waals surface area contributed by atoms with Gasteiger partial charge in [0, 0.05) is 12.6 Å². The largest absolute Gasteiger partial charge is 0.462 e. The Morgan fingerprint density at radius 2 is 2.21 bits per heavy atom. The molecule has 0 aliphatic rings. The Balaban J connectivity index is 4.24. The second-order valence-corrected chi connectivity index (χ2v) is 2.58. The molecule has 76 valence electrons. The van der Waals surface area contributed by atoms with Crippen LogP contribution in [0.25, 0.3) is 0 Å². The average molecular weight is 191 g/mol. The quantitative estimate of drug-likeness (QED) is 0.357. The van der Waals surface area contributed by atoms with E-state index in [4.69, 9.17) is 4.74 Å². The first-order valence-corrected chi connectivity index (χ1v) is 4.55. The monoisotopic (exact) mass is 191 g/mol. The summed E-state index contributed by atoms with van der Waals surface area (Å²) in [6, 6.07) is 0. The second-order valence-electron chi connectivity index (χ2n) is 2.58. The maximum atomic E-state index is 5.44. The fourth-order valence-corrected chi connectivity index (χ4v) is 0.766. The van der Waals surface area contributed by atoms with Gasteiger partial charge in [-0.3, -0.25) is 4.99 Å². The first-order chi connectivity index (χ1) is 6.74. The minimum Gasteiger partial charge on any atom is -0.462 e. The molecule has 0 fully saturated rings. The molecule has 0 atom stereocenters. The third kappa shape index (κ3) is 6.00. The van der Waals surface area contributed by atoms with Gasteiger partial charge in [-0.1, -0.05) is 25.7 Å². The molecule has 2 heteroatoms. The lowest BCUT2D eigenvalue weighted by atomic mass is 10.3. The third-order valence-corrected chi connectivity index (χ3v) is 1.45. The maximum absolute atomic E-state index is 5.44. The van der Waals surface area contributed by atoms with Crippen LogP contribution < -0.4 is 0 Å². The Bertz CT molecular complexity index is 272. The lowest BCUT2D eigenvalue weighted by Gasteiger charge is -2.06. The van der Waals surface area contributed by atoms with E-state index in [0.29, 0.717) is 5.76 Å². The highest BCUT2D eigenvalue weighted by atomic mass is 16.5. The van der Waals surface area contributed by atoms with E-state index >= 15 is 0 Å². The molecule has 0 bridgehead atoms. The zero-order chi connectivity index (χ0) is 10.8. The van der Waals surface area contributed by atoms with Gasteiger partial charge in [0.15, 0.2) is 0 Å². The van der Waals surface area contributed by atoms with Gasteiger partial charge >= 0.3 is 0 Å². The van der Waals surface area contributed by atoms with Crippen molar-refractivity contribution in [3.8, 4) is 0 Å². The van der Waals surface area contributed by atoms with Crippen molar-refractivity contribution in [1.82, 2.24) is 0 Å². The van der Waals surface area contributed by atoms with Crippen molar-refractivity contribution in [1.29, 1.82) is 0 Å². The van der Waals surface area contributed by atoms with Crippen molar-refractivity contribution in [2.24, 2.45) is 4.99 Å². The van der Waals surface area contributed by atoms with Gasteiger partial charge in [0.2, 0.25) is 0 Å². The van der Waals surface area contributed by atoms with Crippen molar-refractivity contribution in [2.45, 2.75) is 20.3 Å². The maximum Gasteiger partial charge on any atom is 0.121 e. The molecule has 0 heterocycles. The SMILES string of the molecule is C=N/C=C\C(=C)O/C(=C/C=C\C)CC. The lowest BCUT2D eigenvalue weighted by molar-refractivity contribution is 0.310. The summed E-state index contributed by atoms with van der Waals surface area (Å²) in [6.07, 6.45) is 9.85. The van der Waals surface area contributed by atoms with Gasteiger partial charge in [-0.25, -0.2) is 0 Å². The van der Waals surface area contributed by atoms with Crippen LogP contribution in [0.4, 0.5) is 0 Å². The Hall–Kier alpha value is -1.57. The summed E-state index contributed by atoms with van der Waals surface area (Å²) >= 11 is 0. The molecule has 0 aliphatic carbocycles. The minimum absolute atomic E-state index is 0.565. The van der Waals surface area contributed by atoms with E-state index in [0.717, 1.165) is 12.2 Å². The highest BCUT2D eigenvalue weighted by Gasteiger charge is 1.94. The van der Waals surface area contributed by atoms with E-state index in [-0.39, 0.29) is 0 Å². The fourth-order valence-electron chi connectivity index (χ4n) is 0.766. The molecule has 2 nitrogen and oxygen atoms in total. The molecule has 0 rings (SSSR count). The highest BCUT2D eigenvalue weighted by Crippen LogP contribution is 2.09. The van der Waals surface area contributed by atoms with Crippen LogP contribution in [-0.4, -0.2) is 6.72 Å². The lowest BCUT2D eigenvalue weighted by Crippen LogP contribution is -1.88. The third-order valence-electron chi connectivity index (χ3n) is 1.45. The van der Waals surface area contributed by atoms with Crippen LogP contribution in [0.15, 0.2) is 53.6 Å². The Kier molecular flexibility index (Phi) is 7.15. The average Bonchev–Trinajstić information content (AvgIpc) is 2.21. The smallest absolute Gasteiger partial charge is 0.121 e. The fraction of sp³-hybridized carbons (Fsp3) is 0.250. The Morgan fingerprint density at radius 3 is 2.71 bits per heavy atom. The van der Waals surface area contributed by atoms with E-state index in [1.54, 1.807) is 12.3 Å². The van der Waals surface area contributed by atoms with Crippen LogP contribution in [0.5, 0.6) is 0 Å². The molecule has 0 saturated heterocycles. The van der Waals surface area contributed by atoms with Gasteiger partial charge in [-0.15, -0.1) is 0 Å². The van der Waals surface area contributed by atoms with Crippen molar-refractivity contribution in [3.05, 3.63) is 48.6 Å². The van der Waals surface area contributed by atoms with Crippen LogP contribution in [0.2, 0.25) is 0 Å². The first kappa shape index (κ1) is 12.4. The van der Waals surface area contributed by atoms with Gasteiger partial charge < -0.3 is 4.74 Å². The molecule has 0 aromatic carbocycles. The molecular formula is C12H17NO. The van der Waals surface area contributed by atoms with Crippen LogP contribution in [0.1, 0.15) is 20.3 Å². The van der Waals surface area contributed by atoms with Crippen LogP contribution in [0.3, 0.4) is 0 Å². The number of aliphatic imine (C=N–C) groups is 1. The summed E-state index contributed by atoms with van der Waals surface area (Å²) in [7, 11) is 0. The Morgan fingerprint density at radius 1 is 1.50 bits per heavy atom. The van der Waals surface area contributed by atoms with E-state index in [9.17, 15) is 0 Å². The normalized spacial score (nSPS) is 12.3. The van der Waals surface area contributed by atoms with Crippen molar-refractivity contribution < 1.29 is 4.74 Å². The first-order valence-electron chi connectivity index (χ1n) is 4.55. The molecule has 0 N–H and O–H groups in total. The van der Waals surface area contributed by atoms with E-state index in [2.05, 4.69) is 18.3 Å². The second kappa shape index (κ2) is 8.05. The van der Waals surface area contributed by atoms with Crippen LogP contribution in [0, 0.1) is 0 Å². The number of allylic oxidation sites excluding steroid dienone is 5. The van der Waals surface area contributed by atoms with Gasteiger partial charge in [0.05, 0.1) is 0 Å². The van der Waals surface area contributed by atoms with Gasteiger partial charge in [0.1, 0.15) is 11.5 Å². The molecule has 0 saturated carbocycles. The standard InChI is InChI=1S/C12H17NO/c1-5-7-8-12(6-2)14-11(3)9-10-13-4/h5,7-10H,3-4,6H2,1-2H3/b7-5-,10-9-,12-8+. The molecular weight excluding hydrogens is 174 g/mol. The predicted molar refractivity (Wildman–Crippen MR) is 62.1 cm³/mol. The van der Waals surface area contributed by atoms with Crippen molar-refractivity contribution in [2.75, 3.05) is 0 Å². The molecule has 0 aromatic heterocycles. The Labute approximate surface area is 86.0 Å². The topological polar surface area (TPSA) is 21.6 Å². The van der Waals surface area contributed by atoms with Gasteiger partial charge in [-0.05, 0) is 25.8 Å². The predicted octanol–water partition coefficient (Wildman–Crippen LogP) is 3.60. The minimum atomic E-state index is 0.565. The number of hydrogen-bond acceptors (Lipinski definition) is 2. The van der Waals surface area contributed by atoms with Gasteiger partial charge in [-0.2, -0.15) is 0 Å².